The van der Waals surface area contributed by atoms with E-state index in [4.69, 9.17) is 4.74 Å². The average molecular weight is 445 g/mol. The SMILES string of the molecule is O=C(NCC1(N2CCOCC2)CCCCC1)c1nn(-c2ccc(F)c(F)c2)c2c1CCC2. The Morgan fingerprint density at radius 1 is 1.06 bits per heavy atom. The van der Waals surface area contributed by atoms with Crippen LogP contribution in [0, 0.1) is 11.6 Å². The first kappa shape index (κ1) is 21.5. The molecule has 2 fully saturated rings. The van der Waals surface area contributed by atoms with Crippen LogP contribution in [0.1, 0.15) is 60.3 Å². The van der Waals surface area contributed by atoms with E-state index in [1.807, 2.05) is 0 Å². The molecule has 8 heteroatoms. The Morgan fingerprint density at radius 2 is 1.84 bits per heavy atom. The Labute approximate surface area is 186 Å². The molecule has 0 radical (unpaired) electrons. The molecule has 1 saturated heterocycles. The lowest BCUT2D eigenvalue weighted by atomic mass is 9.79. The van der Waals surface area contributed by atoms with Gasteiger partial charge in [-0.25, -0.2) is 13.5 Å². The summed E-state index contributed by atoms with van der Waals surface area (Å²) in [5, 5.41) is 7.74. The number of halogens is 2. The van der Waals surface area contributed by atoms with Crippen LogP contribution in [0.4, 0.5) is 8.78 Å². The summed E-state index contributed by atoms with van der Waals surface area (Å²) in [4.78, 5) is 15.8. The minimum atomic E-state index is -0.916. The van der Waals surface area contributed by atoms with E-state index < -0.39 is 11.6 Å². The first-order chi connectivity index (χ1) is 15.6. The number of carbonyl (C=O) groups excluding carboxylic acids is 1. The van der Waals surface area contributed by atoms with Gasteiger partial charge in [0, 0.05) is 42.5 Å². The first-order valence-corrected chi connectivity index (χ1v) is 11.7. The highest BCUT2D eigenvalue weighted by Crippen LogP contribution is 2.34. The molecule has 0 unspecified atom stereocenters. The smallest absolute Gasteiger partial charge is 0.272 e. The van der Waals surface area contributed by atoms with E-state index in [0.29, 0.717) is 17.9 Å². The zero-order chi connectivity index (χ0) is 22.1. The topological polar surface area (TPSA) is 59.4 Å². The number of hydrogen-bond acceptors (Lipinski definition) is 4. The second-order valence-corrected chi connectivity index (χ2v) is 9.20. The van der Waals surface area contributed by atoms with Crippen LogP contribution in [0.25, 0.3) is 5.69 Å². The molecule has 172 valence electrons. The van der Waals surface area contributed by atoms with Crippen molar-refractivity contribution < 1.29 is 18.3 Å². The number of carbonyl (C=O) groups is 1. The molecule has 3 aliphatic rings. The maximum absolute atomic E-state index is 13.8. The van der Waals surface area contributed by atoms with Crippen LogP contribution in [0.15, 0.2) is 18.2 Å². The highest BCUT2D eigenvalue weighted by Gasteiger charge is 2.39. The molecule has 1 saturated carbocycles. The summed E-state index contributed by atoms with van der Waals surface area (Å²) in [6, 6.07) is 3.74. The van der Waals surface area contributed by atoms with Crippen LogP contribution in [0.3, 0.4) is 0 Å². The van der Waals surface area contributed by atoms with E-state index in [-0.39, 0.29) is 11.4 Å². The van der Waals surface area contributed by atoms with Gasteiger partial charge >= 0.3 is 0 Å². The molecule has 1 N–H and O–H groups in total. The Hall–Kier alpha value is -2.32. The Bertz CT molecular complexity index is 994. The summed E-state index contributed by atoms with van der Waals surface area (Å²) in [6.45, 7) is 3.87. The van der Waals surface area contributed by atoms with Crippen LogP contribution >= 0.6 is 0 Å². The Morgan fingerprint density at radius 3 is 2.59 bits per heavy atom. The molecule has 2 aliphatic carbocycles. The number of hydrogen-bond donors (Lipinski definition) is 1. The van der Waals surface area contributed by atoms with Gasteiger partial charge in [-0.1, -0.05) is 19.3 Å². The maximum Gasteiger partial charge on any atom is 0.272 e. The Kier molecular flexibility index (Phi) is 5.99. The van der Waals surface area contributed by atoms with Gasteiger partial charge in [0.05, 0.1) is 18.9 Å². The maximum atomic E-state index is 13.8. The second-order valence-electron chi connectivity index (χ2n) is 9.20. The fourth-order valence-electron chi connectivity index (χ4n) is 5.63. The lowest BCUT2D eigenvalue weighted by molar-refractivity contribution is -0.0361. The molecular weight excluding hydrogens is 414 g/mol. The van der Waals surface area contributed by atoms with Gasteiger partial charge in [0.15, 0.2) is 17.3 Å². The summed E-state index contributed by atoms with van der Waals surface area (Å²) in [5.41, 5.74) is 2.68. The Balaban J connectivity index is 1.38. The van der Waals surface area contributed by atoms with Crippen molar-refractivity contribution in [1.82, 2.24) is 20.0 Å². The molecule has 1 aromatic heterocycles. The van der Waals surface area contributed by atoms with E-state index in [1.165, 1.54) is 25.3 Å². The van der Waals surface area contributed by atoms with Crippen LogP contribution < -0.4 is 5.32 Å². The summed E-state index contributed by atoms with van der Waals surface area (Å²) < 4.78 is 34.4. The third kappa shape index (κ3) is 3.94. The molecule has 2 aromatic rings. The van der Waals surface area contributed by atoms with Crippen molar-refractivity contribution in [3.63, 3.8) is 0 Å². The van der Waals surface area contributed by atoms with Crippen molar-refractivity contribution in [2.45, 2.75) is 56.9 Å². The highest BCUT2D eigenvalue weighted by atomic mass is 19.2. The second kappa shape index (κ2) is 8.90. The summed E-state index contributed by atoms with van der Waals surface area (Å²) >= 11 is 0. The van der Waals surface area contributed by atoms with E-state index >= 15 is 0 Å². The first-order valence-electron chi connectivity index (χ1n) is 11.7. The third-order valence-electron chi connectivity index (χ3n) is 7.34. The van der Waals surface area contributed by atoms with E-state index in [0.717, 1.165) is 81.8 Å². The van der Waals surface area contributed by atoms with Crippen molar-refractivity contribution in [3.05, 3.63) is 46.8 Å². The minimum Gasteiger partial charge on any atom is -0.379 e. The molecule has 0 atom stereocenters. The molecule has 2 heterocycles. The van der Waals surface area contributed by atoms with Gasteiger partial charge in [0.2, 0.25) is 0 Å². The minimum absolute atomic E-state index is 0.0243. The van der Waals surface area contributed by atoms with Crippen molar-refractivity contribution in [1.29, 1.82) is 0 Å². The molecule has 5 rings (SSSR count). The van der Waals surface area contributed by atoms with Gasteiger partial charge in [-0.3, -0.25) is 9.69 Å². The predicted molar refractivity (Wildman–Crippen MR) is 116 cm³/mol. The number of morpholine rings is 1. The fourth-order valence-corrected chi connectivity index (χ4v) is 5.63. The quantitative estimate of drug-likeness (QED) is 0.768. The predicted octanol–water partition coefficient (Wildman–Crippen LogP) is 3.40. The number of aromatic nitrogens is 2. The molecular formula is C24H30F2N4O2. The van der Waals surface area contributed by atoms with Gasteiger partial charge < -0.3 is 10.1 Å². The van der Waals surface area contributed by atoms with Gasteiger partial charge in [-0.05, 0) is 44.2 Å². The van der Waals surface area contributed by atoms with Crippen LogP contribution in [-0.2, 0) is 17.6 Å². The molecule has 1 amide bonds. The number of benzene rings is 1. The van der Waals surface area contributed by atoms with Crippen molar-refractivity contribution in [2.24, 2.45) is 0 Å². The zero-order valence-electron chi connectivity index (χ0n) is 18.3. The number of ether oxygens (including phenoxy) is 1. The van der Waals surface area contributed by atoms with Crippen molar-refractivity contribution in [3.8, 4) is 5.69 Å². The monoisotopic (exact) mass is 444 g/mol. The summed E-state index contributed by atoms with van der Waals surface area (Å²) in [5.74, 6) is -1.99. The van der Waals surface area contributed by atoms with E-state index in [2.05, 4.69) is 15.3 Å². The van der Waals surface area contributed by atoms with Crippen LogP contribution in [0.5, 0.6) is 0 Å². The number of amides is 1. The lowest BCUT2D eigenvalue weighted by Crippen LogP contribution is -2.59. The molecule has 0 spiro atoms. The van der Waals surface area contributed by atoms with E-state index in [1.54, 1.807) is 4.68 Å². The van der Waals surface area contributed by atoms with Gasteiger partial charge in [-0.15, -0.1) is 0 Å². The fraction of sp³-hybridized carbons (Fsp3) is 0.583. The summed E-state index contributed by atoms with van der Waals surface area (Å²) in [6.07, 6.45) is 8.22. The molecule has 0 bridgehead atoms. The van der Waals surface area contributed by atoms with Crippen LogP contribution in [0.2, 0.25) is 0 Å². The number of nitrogens with one attached hydrogen (secondary N) is 1. The molecule has 1 aromatic carbocycles. The number of rotatable bonds is 5. The van der Waals surface area contributed by atoms with Gasteiger partial charge in [0.25, 0.3) is 5.91 Å². The number of nitrogens with zero attached hydrogens (tertiary/aromatic N) is 3. The largest absolute Gasteiger partial charge is 0.379 e. The number of fused-ring (bicyclic) bond motifs is 1. The average Bonchev–Trinajstić information content (AvgIpc) is 3.44. The third-order valence-corrected chi connectivity index (χ3v) is 7.34. The van der Waals surface area contributed by atoms with Crippen molar-refractivity contribution >= 4 is 5.91 Å². The van der Waals surface area contributed by atoms with Crippen molar-refractivity contribution in [2.75, 3.05) is 32.8 Å². The molecule has 32 heavy (non-hydrogen) atoms. The highest BCUT2D eigenvalue weighted by molar-refractivity contribution is 5.94. The van der Waals surface area contributed by atoms with Gasteiger partial charge in [-0.2, -0.15) is 5.10 Å². The summed E-state index contributed by atoms with van der Waals surface area (Å²) in [7, 11) is 0. The molecule has 6 nitrogen and oxygen atoms in total. The standard InChI is InChI=1S/C24H30F2N4O2/c25-19-8-7-17(15-20(19)26)30-21-6-4-5-18(21)22(28-30)23(31)27-16-24(9-2-1-3-10-24)29-11-13-32-14-12-29/h7-8,15H,1-6,9-14,16H2,(H,27,31). The zero-order valence-corrected chi connectivity index (χ0v) is 18.3. The van der Waals surface area contributed by atoms with Crippen LogP contribution in [-0.4, -0.2) is 59.0 Å². The normalized spacial score (nSPS) is 20.8. The molecule has 1 aliphatic heterocycles. The van der Waals surface area contributed by atoms with Gasteiger partial charge in [0.1, 0.15) is 0 Å². The lowest BCUT2D eigenvalue weighted by Gasteiger charge is -2.48. The van der Waals surface area contributed by atoms with E-state index in [9.17, 15) is 13.6 Å².